The summed E-state index contributed by atoms with van der Waals surface area (Å²) in [5, 5.41) is 5.45. The van der Waals surface area contributed by atoms with Crippen molar-refractivity contribution in [2.45, 2.75) is 26.4 Å². The van der Waals surface area contributed by atoms with Crippen LogP contribution in [0.25, 0.3) is 0 Å². The average Bonchev–Trinajstić information content (AvgIpc) is 2.70. The predicted molar refractivity (Wildman–Crippen MR) is 105 cm³/mol. The van der Waals surface area contributed by atoms with Crippen LogP contribution in [0.1, 0.15) is 40.1 Å². The van der Waals surface area contributed by atoms with E-state index < -0.39 is 5.97 Å². The minimum Gasteiger partial charge on any atom is -0.497 e. The van der Waals surface area contributed by atoms with Crippen molar-refractivity contribution in [1.29, 1.82) is 0 Å². The Bertz CT molecular complexity index is 814. The molecule has 0 radical (unpaired) electrons. The van der Waals surface area contributed by atoms with Crippen molar-refractivity contribution in [3.8, 4) is 5.75 Å². The van der Waals surface area contributed by atoms with Gasteiger partial charge in [-0.15, -0.1) is 0 Å². The summed E-state index contributed by atoms with van der Waals surface area (Å²) in [4.78, 5) is 35.8. The van der Waals surface area contributed by atoms with Crippen LogP contribution in [0.15, 0.2) is 48.5 Å². The van der Waals surface area contributed by atoms with Gasteiger partial charge in [-0.1, -0.05) is 12.1 Å². The Kier molecular flexibility index (Phi) is 7.56. The molecule has 0 unspecified atom stereocenters. The van der Waals surface area contributed by atoms with Gasteiger partial charge in [0.05, 0.1) is 12.7 Å². The fraction of sp³-hybridized carbons (Fsp3) is 0.286. The van der Waals surface area contributed by atoms with Gasteiger partial charge in [0.2, 0.25) is 0 Å². The number of carbonyl (C=O) groups excluding carboxylic acids is 3. The number of ketones is 1. The van der Waals surface area contributed by atoms with Gasteiger partial charge >= 0.3 is 12.0 Å². The van der Waals surface area contributed by atoms with Gasteiger partial charge in [0.25, 0.3) is 0 Å². The number of benzene rings is 2. The first-order chi connectivity index (χ1) is 13.4. The summed E-state index contributed by atoms with van der Waals surface area (Å²) in [7, 11) is 1.54. The molecule has 2 amide bonds. The largest absolute Gasteiger partial charge is 0.497 e. The van der Waals surface area contributed by atoms with Gasteiger partial charge in [-0.2, -0.15) is 0 Å². The molecule has 0 bridgehead atoms. The summed E-state index contributed by atoms with van der Waals surface area (Å²) < 4.78 is 10.1. The SMILES string of the molecule is COc1ccc(C(=O)COC(=O)c2ccc(CNC(=O)NC(C)C)cc2)cc1. The number of methoxy groups -OCH3 is 1. The van der Waals surface area contributed by atoms with Crippen LogP contribution in [-0.2, 0) is 11.3 Å². The number of carbonyl (C=O) groups is 3. The normalized spacial score (nSPS) is 10.3. The Balaban J connectivity index is 1.83. The summed E-state index contributed by atoms with van der Waals surface area (Å²) in [6.45, 7) is 3.74. The minimum atomic E-state index is -0.584. The summed E-state index contributed by atoms with van der Waals surface area (Å²) in [6, 6.07) is 13.0. The third-order valence-electron chi connectivity index (χ3n) is 3.81. The van der Waals surface area contributed by atoms with Crippen LogP contribution >= 0.6 is 0 Å². The van der Waals surface area contributed by atoms with E-state index in [2.05, 4.69) is 10.6 Å². The minimum absolute atomic E-state index is 0.0535. The van der Waals surface area contributed by atoms with Gasteiger partial charge < -0.3 is 20.1 Å². The maximum atomic E-state index is 12.1. The van der Waals surface area contributed by atoms with E-state index in [9.17, 15) is 14.4 Å². The zero-order valence-electron chi connectivity index (χ0n) is 16.2. The fourth-order valence-electron chi connectivity index (χ4n) is 2.33. The molecule has 0 aliphatic rings. The molecule has 0 saturated heterocycles. The van der Waals surface area contributed by atoms with Crippen molar-refractivity contribution in [3.63, 3.8) is 0 Å². The molecule has 0 aliphatic heterocycles. The van der Waals surface area contributed by atoms with Crippen molar-refractivity contribution >= 4 is 17.8 Å². The monoisotopic (exact) mass is 384 g/mol. The van der Waals surface area contributed by atoms with E-state index in [4.69, 9.17) is 9.47 Å². The van der Waals surface area contributed by atoms with E-state index >= 15 is 0 Å². The Morgan fingerprint density at radius 1 is 0.929 bits per heavy atom. The number of Topliss-reactive ketones (excluding diaryl/α,β-unsaturated/α-hetero) is 1. The quantitative estimate of drug-likeness (QED) is 0.539. The molecule has 2 rings (SSSR count). The van der Waals surface area contributed by atoms with Crippen molar-refractivity contribution in [2.75, 3.05) is 13.7 Å². The lowest BCUT2D eigenvalue weighted by Gasteiger charge is -2.10. The Hall–Kier alpha value is -3.35. The van der Waals surface area contributed by atoms with Crippen molar-refractivity contribution in [3.05, 3.63) is 65.2 Å². The van der Waals surface area contributed by atoms with E-state index in [1.54, 1.807) is 55.6 Å². The predicted octanol–water partition coefficient (Wildman–Crippen LogP) is 2.94. The lowest BCUT2D eigenvalue weighted by Crippen LogP contribution is -2.39. The number of amides is 2. The molecule has 0 spiro atoms. The van der Waals surface area contributed by atoms with Gasteiger partial charge in [-0.3, -0.25) is 4.79 Å². The number of urea groups is 1. The van der Waals surface area contributed by atoms with Crippen molar-refractivity contribution in [2.24, 2.45) is 0 Å². The second kappa shape index (κ2) is 10.1. The maximum Gasteiger partial charge on any atom is 0.338 e. The van der Waals surface area contributed by atoms with E-state index in [0.29, 0.717) is 23.4 Å². The number of hydrogen-bond acceptors (Lipinski definition) is 5. The van der Waals surface area contributed by atoms with Crippen LogP contribution in [0, 0.1) is 0 Å². The molecule has 28 heavy (non-hydrogen) atoms. The number of rotatable bonds is 8. The summed E-state index contributed by atoms with van der Waals surface area (Å²) in [5.41, 5.74) is 1.61. The molecule has 2 aromatic rings. The van der Waals surface area contributed by atoms with Crippen LogP contribution in [-0.4, -0.2) is 37.5 Å². The third-order valence-corrected chi connectivity index (χ3v) is 3.81. The summed E-state index contributed by atoms with van der Waals surface area (Å²) in [5.74, 6) is -0.239. The Morgan fingerprint density at radius 3 is 2.11 bits per heavy atom. The van der Waals surface area contributed by atoms with Crippen molar-refractivity contribution in [1.82, 2.24) is 10.6 Å². The first-order valence-electron chi connectivity index (χ1n) is 8.86. The molecule has 0 heterocycles. The number of hydrogen-bond donors (Lipinski definition) is 2. The highest BCUT2D eigenvalue weighted by Gasteiger charge is 2.12. The molecular formula is C21H24N2O5. The Labute approximate surface area is 164 Å². The highest BCUT2D eigenvalue weighted by Crippen LogP contribution is 2.12. The zero-order chi connectivity index (χ0) is 20.5. The summed E-state index contributed by atoms with van der Waals surface area (Å²) in [6.07, 6.45) is 0. The molecule has 0 aromatic heterocycles. The van der Waals surface area contributed by atoms with Gasteiger partial charge in [0.1, 0.15) is 5.75 Å². The maximum absolute atomic E-state index is 12.1. The molecule has 2 aromatic carbocycles. The molecule has 0 fully saturated rings. The lowest BCUT2D eigenvalue weighted by molar-refractivity contribution is 0.0474. The lowest BCUT2D eigenvalue weighted by atomic mass is 10.1. The van der Waals surface area contributed by atoms with E-state index in [1.807, 2.05) is 13.8 Å². The molecule has 0 aliphatic carbocycles. The molecule has 0 saturated carbocycles. The molecule has 2 N–H and O–H groups in total. The fourth-order valence-corrected chi connectivity index (χ4v) is 2.33. The zero-order valence-corrected chi connectivity index (χ0v) is 16.2. The number of esters is 1. The molecular weight excluding hydrogens is 360 g/mol. The van der Waals surface area contributed by atoms with Crippen molar-refractivity contribution < 1.29 is 23.9 Å². The van der Waals surface area contributed by atoms with Gasteiger partial charge in [0.15, 0.2) is 12.4 Å². The topological polar surface area (TPSA) is 93.7 Å². The highest BCUT2D eigenvalue weighted by molar-refractivity contribution is 5.99. The van der Waals surface area contributed by atoms with Gasteiger partial charge in [-0.05, 0) is 55.8 Å². The second-order valence-corrected chi connectivity index (χ2v) is 6.41. The van der Waals surface area contributed by atoms with Gasteiger partial charge in [-0.25, -0.2) is 9.59 Å². The van der Waals surface area contributed by atoms with Gasteiger partial charge in [0, 0.05) is 18.2 Å². The molecule has 7 heteroatoms. The van der Waals surface area contributed by atoms with Crippen LogP contribution in [0.4, 0.5) is 4.79 Å². The smallest absolute Gasteiger partial charge is 0.338 e. The average molecular weight is 384 g/mol. The van der Waals surface area contributed by atoms with Crippen LogP contribution in [0.5, 0.6) is 5.75 Å². The number of nitrogens with one attached hydrogen (secondary N) is 2. The number of ether oxygens (including phenoxy) is 2. The molecule has 7 nitrogen and oxygen atoms in total. The third kappa shape index (κ3) is 6.42. The van der Waals surface area contributed by atoms with Crippen LogP contribution in [0.2, 0.25) is 0 Å². The second-order valence-electron chi connectivity index (χ2n) is 6.41. The molecule has 148 valence electrons. The van der Waals surface area contributed by atoms with E-state index in [1.165, 1.54) is 0 Å². The molecule has 0 atom stereocenters. The summed E-state index contributed by atoms with van der Waals surface area (Å²) >= 11 is 0. The van der Waals surface area contributed by atoms with Crippen LogP contribution in [0.3, 0.4) is 0 Å². The first-order valence-corrected chi connectivity index (χ1v) is 8.86. The first kappa shape index (κ1) is 21.0. The highest BCUT2D eigenvalue weighted by atomic mass is 16.5. The van der Waals surface area contributed by atoms with E-state index in [0.717, 1.165) is 5.56 Å². The van der Waals surface area contributed by atoms with E-state index in [-0.39, 0.29) is 24.5 Å². The standard InChI is InChI=1S/C21H24N2O5/c1-14(2)23-21(26)22-12-15-4-6-17(7-5-15)20(25)28-13-19(24)16-8-10-18(27-3)11-9-16/h4-11,14H,12-13H2,1-3H3,(H2,22,23,26). The Morgan fingerprint density at radius 2 is 1.54 bits per heavy atom. The van der Waals surface area contributed by atoms with Crippen LogP contribution < -0.4 is 15.4 Å².